The van der Waals surface area contributed by atoms with E-state index in [9.17, 15) is 9.59 Å². The van der Waals surface area contributed by atoms with Crippen LogP contribution in [0.1, 0.15) is 44.9 Å². The molecule has 2 fully saturated rings. The molecule has 2 aliphatic rings. The van der Waals surface area contributed by atoms with Gasteiger partial charge >= 0.3 is 0 Å². The second kappa shape index (κ2) is 6.77. The first-order chi connectivity index (χ1) is 9.98. The Morgan fingerprint density at radius 1 is 1.24 bits per heavy atom. The van der Waals surface area contributed by atoms with Crippen molar-refractivity contribution in [2.45, 2.75) is 51.0 Å². The van der Waals surface area contributed by atoms with E-state index in [1.165, 1.54) is 6.42 Å². The van der Waals surface area contributed by atoms with Gasteiger partial charge in [0.1, 0.15) is 0 Å². The van der Waals surface area contributed by atoms with Crippen molar-refractivity contribution in [2.24, 2.45) is 5.41 Å². The van der Waals surface area contributed by atoms with Crippen LogP contribution in [0.3, 0.4) is 0 Å². The molecule has 2 amide bonds. The SMILES string of the molecule is CO[C@@H]1CCC[C@]12CCCN(C(=O)CCC(=O)N(C)C)C2. The Kier molecular flexibility index (Phi) is 5.25. The highest BCUT2D eigenvalue weighted by molar-refractivity contribution is 5.83. The van der Waals surface area contributed by atoms with Gasteiger partial charge in [-0.15, -0.1) is 0 Å². The van der Waals surface area contributed by atoms with Gasteiger partial charge in [0.2, 0.25) is 11.8 Å². The number of ether oxygens (including phenoxy) is 1. The Balaban J connectivity index is 1.91. The zero-order chi connectivity index (χ0) is 15.5. The van der Waals surface area contributed by atoms with Crippen molar-refractivity contribution in [3.63, 3.8) is 0 Å². The highest BCUT2D eigenvalue weighted by Crippen LogP contribution is 2.46. The molecule has 2 atom stereocenters. The first-order valence-electron chi connectivity index (χ1n) is 7.99. The van der Waals surface area contributed by atoms with Gasteiger partial charge in [-0.25, -0.2) is 0 Å². The molecule has 0 radical (unpaired) electrons. The third-order valence-electron chi connectivity index (χ3n) is 5.12. The highest BCUT2D eigenvalue weighted by atomic mass is 16.5. The van der Waals surface area contributed by atoms with Gasteiger partial charge in [-0.05, 0) is 25.7 Å². The number of amides is 2. The average molecular weight is 296 g/mol. The van der Waals surface area contributed by atoms with Crippen LogP contribution in [0.2, 0.25) is 0 Å². The summed E-state index contributed by atoms with van der Waals surface area (Å²) in [6.45, 7) is 1.63. The molecule has 1 saturated carbocycles. The number of likely N-dealkylation sites (tertiary alicyclic amines) is 1. The van der Waals surface area contributed by atoms with Gasteiger partial charge in [0.05, 0.1) is 6.10 Å². The summed E-state index contributed by atoms with van der Waals surface area (Å²) in [4.78, 5) is 27.5. The number of hydrogen-bond donors (Lipinski definition) is 0. The topological polar surface area (TPSA) is 49.9 Å². The third-order valence-corrected chi connectivity index (χ3v) is 5.12. The third kappa shape index (κ3) is 3.57. The molecular weight excluding hydrogens is 268 g/mol. The van der Waals surface area contributed by atoms with Gasteiger partial charge < -0.3 is 14.5 Å². The van der Waals surface area contributed by atoms with E-state index in [4.69, 9.17) is 4.74 Å². The van der Waals surface area contributed by atoms with Crippen LogP contribution < -0.4 is 0 Å². The van der Waals surface area contributed by atoms with Crippen molar-refractivity contribution >= 4 is 11.8 Å². The van der Waals surface area contributed by atoms with Crippen molar-refractivity contribution in [2.75, 3.05) is 34.3 Å². The number of hydrogen-bond acceptors (Lipinski definition) is 3. The van der Waals surface area contributed by atoms with E-state index >= 15 is 0 Å². The Bertz CT molecular complexity index is 397. The lowest BCUT2D eigenvalue weighted by Gasteiger charge is -2.43. The number of piperidine rings is 1. The van der Waals surface area contributed by atoms with Crippen LogP contribution in [0.5, 0.6) is 0 Å². The molecule has 21 heavy (non-hydrogen) atoms. The van der Waals surface area contributed by atoms with Crippen LogP contribution in [-0.4, -0.2) is 62.0 Å². The molecule has 0 aromatic rings. The number of nitrogens with zero attached hydrogens (tertiary/aromatic N) is 2. The Hall–Kier alpha value is -1.10. The van der Waals surface area contributed by atoms with Gasteiger partial charge in [0, 0.05) is 52.6 Å². The summed E-state index contributed by atoms with van der Waals surface area (Å²) in [5, 5.41) is 0. The van der Waals surface area contributed by atoms with E-state index in [-0.39, 0.29) is 23.3 Å². The van der Waals surface area contributed by atoms with Gasteiger partial charge in [0.15, 0.2) is 0 Å². The molecule has 0 unspecified atom stereocenters. The van der Waals surface area contributed by atoms with E-state index in [0.29, 0.717) is 12.8 Å². The molecule has 1 aliphatic carbocycles. The maximum Gasteiger partial charge on any atom is 0.223 e. The van der Waals surface area contributed by atoms with Crippen LogP contribution in [0.15, 0.2) is 0 Å². The maximum atomic E-state index is 12.4. The Morgan fingerprint density at radius 3 is 2.62 bits per heavy atom. The quantitative estimate of drug-likeness (QED) is 0.793. The predicted octanol–water partition coefficient (Wildman–Crippen LogP) is 1.66. The average Bonchev–Trinajstić information content (AvgIpc) is 2.86. The second-order valence-electron chi connectivity index (χ2n) is 6.69. The van der Waals surface area contributed by atoms with Crippen LogP contribution in [0.4, 0.5) is 0 Å². The molecule has 1 spiro atoms. The van der Waals surface area contributed by atoms with Crippen molar-refractivity contribution in [1.82, 2.24) is 9.80 Å². The van der Waals surface area contributed by atoms with E-state index < -0.39 is 0 Å². The standard InChI is InChI=1S/C16H28N2O3/c1-17(2)14(19)7-8-15(20)18-11-5-10-16(12-18)9-4-6-13(16)21-3/h13H,4-12H2,1-3H3/t13-,16-/m1/s1. The first-order valence-corrected chi connectivity index (χ1v) is 7.99. The number of carbonyl (C=O) groups is 2. The molecule has 0 aromatic heterocycles. The lowest BCUT2D eigenvalue weighted by molar-refractivity contribution is -0.140. The van der Waals surface area contributed by atoms with Crippen molar-refractivity contribution < 1.29 is 14.3 Å². The molecule has 120 valence electrons. The second-order valence-corrected chi connectivity index (χ2v) is 6.69. The fourth-order valence-corrected chi connectivity index (χ4v) is 3.91. The minimum Gasteiger partial charge on any atom is -0.381 e. The summed E-state index contributed by atoms with van der Waals surface area (Å²) in [6, 6.07) is 0. The van der Waals surface area contributed by atoms with Crippen LogP contribution >= 0.6 is 0 Å². The van der Waals surface area contributed by atoms with Crippen molar-refractivity contribution in [3.05, 3.63) is 0 Å². The summed E-state index contributed by atoms with van der Waals surface area (Å²) in [7, 11) is 5.24. The minimum absolute atomic E-state index is 0.0192. The van der Waals surface area contributed by atoms with E-state index in [2.05, 4.69) is 0 Å². The van der Waals surface area contributed by atoms with Crippen molar-refractivity contribution in [3.8, 4) is 0 Å². The smallest absolute Gasteiger partial charge is 0.223 e. The summed E-state index contributed by atoms with van der Waals surface area (Å²) in [6.07, 6.45) is 6.59. The first kappa shape index (κ1) is 16.3. The molecule has 1 aliphatic heterocycles. The molecular formula is C16H28N2O3. The molecule has 0 bridgehead atoms. The zero-order valence-corrected chi connectivity index (χ0v) is 13.6. The van der Waals surface area contributed by atoms with Gasteiger partial charge in [-0.2, -0.15) is 0 Å². The van der Waals surface area contributed by atoms with E-state index in [0.717, 1.165) is 38.8 Å². The Morgan fingerprint density at radius 2 is 1.95 bits per heavy atom. The summed E-state index contributed by atoms with van der Waals surface area (Å²) in [5.74, 6) is 0.136. The Labute approximate surface area is 127 Å². The molecule has 1 saturated heterocycles. The van der Waals surface area contributed by atoms with Crippen LogP contribution in [0.25, 0.3) is 0 Å². The minimum atomic E-state index is 0.0192. The monoisotopic (exact) mass is 296 g/mol. The largest absolute Gasteiger partial charge is 0.381 e. The fourth-order valence-electron chi connectivity index (χ4n) is 3.91. The van der Waals surface area contributed by atoms with Gasteiger partial charge in [-0.3, -0.25) is 9.59 Å². The summed E-state index contributed by atoms with van der Waals surface area (Å²) in [5.41, 5.74) is 0.161. The van der Waals surface area contributed by atoms with Crippen LogP contribution in [0, 0.1) is 5.41 Å². The van der Waals surface area contributed by atoms with Crippen molar-refractivity contribution in [1.29, 1.82) is 0 Å². The summed E-state index contributed by atoms with van der Waals surface area (Å²) < 4.78 is 5.66. The number of rotatable bonds is 4. The fraction of sp³-hybridized carbons (Fsp3) is 0.875. The normalized spacial score (nSPS) is 28.9. The number of methoxy groups -OCH3 is 1. The maximum absolute atomic E-state index is 12.4. The van der Waals surface area contributed by atoms with Gasteiger partial charge in [0.25, 0.3) is 0 Å². The number of carbonyl (C=O) groups excluding carboxylic acids is 2. The molecule has 1 heterocycles. The summed E-state index contributed by atoms with van der Waals surface area (Å²) >= 11 is 0. The molecule has 0 N–H and O–H groups in total. The van der Waals surface area contributed by atoms with E-state index in [1.54, 1.807) is 26.1 Å². The van der Waals surface area contributed by atoms with E-state index in [1.807, 2.05) is 4.90 Å². The lowest BCUT2D eigenvalue weighted by Crippen LogP contribution is -2.49. The molecule has 5 nitrogen and oxygen atoms in total. The van der Waals surface area contributed by atoms with Crippen LogP contribution in [-0.2, 0) is 14.3 Å². The zero-order valence-electron chi connectivity index (χ0n) is 13.6. The highest BCUT2D eigenvalue weighted by Gasteiger charge is 2.46. The molecule has 2 rings (SSSR count). The predicted molar refractivity (Wildman–Crippen MR) is 80.8 cm³/mol. The van der Waals surface area contributed by atoms with Gasteiger partial charge in [-0.1, -0.05) is 6.42 Å². The molecule has 5 heteroatoms. The molecule has 0 aromatic carbocycles. The lowest BCUT2D eigenvalue weighted by atomic mass is 9.76.